The SMILES string of the molecule is [B]CSC1=NCN(Cc2ccc(F)c(F)c2)CN1. The Balaban J connectivity index is 1.93. The van der Waals surface area contributed by atoms with Gasteiger partial charge < -0.3 is 5.32 Å². The Hall–Kier alpha value is -1.08. The number of halogens is 2. The number of hydrogen-bond acceptors (Lipinski definition) is 4. The lowest BCUT2D eigenvalue weighted by Gasteiger charge is -2.26. The van der Waals surface area contributed by atoms with Gasteiger partial charge in [-0.15, -0.1) is 0 Å². The van der Waals surface area contributed by atoms with Gasteiger partial charge in [0.1, 0.15) is 0 Å². The maximum absolute atomic E-state index is 13.0. The molecule has 0 aromatic heterocycles. The van der Waals surface area contributed by atoms with E-state index < -0.39 is 11.6 Å². The third-order valence-corrected chi connectivity index (χ3v) is 3.19. The van der Waals surface area contributed by atoms with Crippen molar-refractivity contribution in [3.05, 3.63) is 35.4 Å². The van der Waals surface area contributed by atoms with E-state index in [2.05, 4.69) is 10.3 Å². The molecule has 1 aliphatic rings. The smallest absolute Gasteiger partial charge is 0.159 e. The second kappa shape index (κ2) is 6.20. The Labute approximate surface area is 110 Å². The monoisotopic (exact) mass is 267 g/mol. The van der Waals surface area contributed by atoms with Crippen LogP contribution in [0.4, 0.5) is 8.78 Å². The van der Waals surface area contributed by atoms with Crippen molar-refractivity contribution >= 4 is 24.8 Å². The third kappa shape index (κ3) is 3.46. The number of amidine groups is 1. The minimum absolute atomic E-state index is 0.481. The highest BCUT2D eigenvalue weighted by atomic mass is 32.2. The molecule has 0 amide bonds. The summed E-state index contributed by atoms with van der Waals surface area (Å²) in [5.74, 6) is -1.64. The average molecular weight is 267 g/mol. The number of thioether (sulfide) groups is 1. The molecule has 1 N–H and O–H groups in total. The normalized spacial score (nSPS) is 16.2. The number of nitrogens with zero attached hydrogens (tertiary/aromatic N) is 2. The second-order valence-corrected chi connectivity index (χ2v) is 4.84. The van der Waals surface area contributed by atoms with Crippen LogP contribution in [-0.2, 0) is 6.54 Å². The van der Waals surface area contributed by atoms with Crippen molar-refractivity contribution < 1.29 is 8.78 Å². The minimum Gasteiger partial charge on any atom is -0.352 e. The van der Waals surface area contributed by atoms with Crippen molar-refractivity contribution in [1.82, 2.24) is 10.2 Å². The number of rotatable bonds is 3. The van der Waals surface area contributed by atoms with Gasteiger partial charge in [-0.2, -0.15) is 0 Å². The Kier molecular flexibility index (Phi) is 4.60. The molecule has 2 rings (SSSR count). The van der Waals surface area contributed by atoms with E-state index in [-0.39, 0.29) is 0 Å². The Morgan fingerprint density at radius 2 is 2.22 bits per heavy atom. The predicted octanol–water partition coefficient (Wildman–Crippen LogP) is 1.50. The highest BCUT2D eigenvalue weighted by molar-refractivity contribution is 8.14. The van der Waals surface area contributed by atoms with Crippen LogP contribution in [0.3, 0.4) is 0 Å². The van der Waals surface area contributed by atoms with Crippen LogP contribution in [0.5, 0.6) is 0 Å². The zero-order valence-electron chi connectivity index (χ0n) is 9.70. The average Bonchev–Trinajstić information content (AvgIpc) is 2.37. The Morgan fingerprint density at radius 3 is 2.83 bits per heavy atom. The molecule has 0 fully saturated rings. The van der Waals surface area contributed by atoms with Crippen molar-refractivity contribution in [3.63, 3.8) is 0 Å². The van der Waals surface area contributed by atoms with Crippen LogP contribution < -0.4 is 5.32 Å². The van der Waals surface area contributed by atoms with Crippen LogP contribution in [0.25, 0.3) is 0 Å². The molecule has 0 aliphatic carbocycles. The fourth-order valence-electron chi connectivity index (χ4n) is 1.63. The first-order valence-corrected chi connectivity index (χ1v) is 6.45. The van der Waals surface area contributed by atoms with E-state index in [4.69, 9.17) is 7.85 Å². The molecule has 94 valence electrons. The first-order chi connectivity index (χ1) is 8.69. The van der Waals surface area contributed by atoms with Gasteiger partial charge in [-0.3, -0.25) is 4.90 Å². The highest BCUT2D eigenvalue weighted by Gasteiger charge is 2.13. The number of nitrogens with one attached hydrogen (secondary N) is 1. The zero-order chi connectivity index (χ0) is 13.0. The molecule has 0 bridgehead atoms. The molecule has 18 heavy (non-hydrogen) atoms. The van der Waals surface area contributed by atoms with E-state index in [1.54, 1.807) is 6.07 Å². The lowest BCUT2D eigenvalue weighted by Crippen LogP contribution is -2.41. The van der Waals surface area contributed by atoms with Gasteiger partial charge in [-0.1, -0.05) is 17.8 Å². The van der Waals surface area contributed by atoms with Crippen molar-refractivity contribution in [2.24, 2.45) is 4.99 Å². The van der Waals surface area contributed by atoms with E-state index in [9.17, 15) is 8.78 Å². The van der Waals surface area contributed by atoms with Gasteiger partial charge in [-0.25, -0.2) is 13.8 Å². The lowest BCUT2D eigenvalue weighted by molar-refractivity contribution is 0.258. The maximum Gasteiger partial charge on any atom is 0.159 e. The zero-order valence-corrected chi connectivity index (χ0v) is 10.5. The first kappa shape index (κ1) is 13.4. The summed E-state index contributed by atoms with van der Waals surface area (Å²) in [5.41, 5.74) is 1.20. The van der Waals surface area contributed by atoms with Gasteiger partial charge in [0.15, 0.2) is 16.8 Å². The van der Waals surface area contributed by atoms with Crippen molar-refractivity contribution in [3.8, 4) is 0 Å². The second-order valence-electron chi connectivity index (χ2n) is 3.83. The van der Waals surface area contributed by atoms with Gasteiger partial charge >= 0.3 is 0 Å². The predicted molar refractivity (Wildman–Crippen MR) is 70.4 cm³/mol. The van der Waals surface area contributed by atoms with Gasteiger partial charge in [0.05, 0.1) is 21.2 Å². The maximum atomic E-state index is 13.0. The summed E-state index contributed by atoms with van der Waals surface area (Å²) in [5, 5.41) is 3.93. The number of benzene rings is 1. The summed E-state index contributed by atoms with van der Waals surface area (Å²) in [6.07, 6.45) is 0. The highest BCUT2D eigenvalue weighted by Crippen LogP contribution is 2.12. The van der Waals surface area contributed by atoms with E-state index in [1.165, 1.54) is 17.8 Å². The van der Waals surface area contributed by atoms with E-state index in [0.29, 0.717) is 25.5 Å². The Bertz CT molecular complexity index is 456. The van der Waals surface area contributed by atoms with Gasteiger partial charge in [0, 0.05) is 6.54 Å². The molecule has 1 aliphatic heterocycles. The minimum atomic E-state index is -0.824. The lowest BCUT2D eigenvalue weighted by atomic mass is 10.2. The molecule has 0 unspecified atom stereocenters. The van der Waals surface area contributed by atoms with Crippen LogP contribution in [-0.4, -0.2) is 36.9 Å². The topological polar surface area (TPSA) is 27.6 Å². The van der Waals surface area contributed by atoms with Crippen LogP contribution in [0.2, 0.25) is 0 Å². The number of hydrogen-bond donors (Lipinski definition) is 1. The quantitative estimate of drug-likeness (QED) is 0.841. The molecule has 2 radical (unpaired) electrons. The molecule has 1 heterocycles. The molecule has 1 aromatic carbocycles. The third-order valence-electron chi connectivity index (χ3n) is 2.48. The summed E-state index contributed by atoms with van der Waals surface area (Å²) in [7, 11) is 5.40. The molecule has 3 nitrogen and oxygen atoms in total. The van der Waals surface area contributed by atoms with Crippen molar-refractivity contribution in [2.45, 2.75) is 6.54 Å². The molecule has 0 spiro atoms. The Morgan fingerprint density at radius 1 is 1.39 bits per heavy atom. The van der Waals surface area contributed by atoms with E-state index in [0.717, 1.165) is 16.8 Å². The molecule has 0 atom stereocenters. The summed E-state index contributed by atoms with van der Waals surface area (Å²) in [4.78, 5) is 6.26. The molecule has 0 saturated carbocycles. The molecule has 7 heteroatoms. The fraction of sp³-hybridized carbons (Fsp3) is 0.364. The summed E-state index contributed by atoms with van der Waals surface area (Å²) < 4.78 is 25.8. The van der Waals surface area contributed by atoms with Crippen LogP contribution in [0.15, 0.2) is 23.2 Å². The van der Waals surface area contributed by atoms with Crippen LogP contribution >= 0.6 is 11.8 Å². The van der Waals surface area contributed by atoms with Crippen molar-refractivity contribution in [1.29, 1.82) is 0 Å². The largest absolute Gasteiger partial charge is 0.352 e. The molecule has 1 aromatic rings. The van der Waals surface area contributed by atoms with E-state index >= 15 is 0 Å². The van der Waals surface area contributed by atoms with Gasteiger partial charge in [0.2, 0.25) is 0 Å². The fourth-order valence-corrected chi connectivity index (χ4v) is 2.10. The van der Waals surface area contributed by atoms with E-state index in [1.807, 2.05) is 4.90 Å². The summed E-state index contributed by atoms with van der Waals surface area (Å²) in [6, 6.07) is 3.93. The standard InChI is InChI=1S/C11H12BF2N3S/c12-5-18-11-15-6-17(7-16-11)4-8-1-2-9(13)10(14)3-8/h1-3H,4-7H2,(H,15,16). The number of aliphatic imine (C=N–C) groups is 1. The van der Waals surface area contributed by atoms with Crippen LogP contribution in [0, 0.1) is 11.6 Å². The molecule has 0 saturated heterocycles. The summed E-state index contributed by atoms with van der Waals surface area (Å²) in [6.45, 7) is 1.66. The first-order valence-electron chi connectivity index (χ1n) is 5.46. The molecular formula is C11H12BF2N3S. The van der Waals surface area contributed by atoms with Gasteiger partial charge in [0.25, 0.3) is 0 Å². The van der Waals surface area contributed by atoms with Crippen molar-refractivity contribution in [2.75, 3.05) is 19.0 Å². The van der Waals surface area contributed by atoms with Crippen LogP contribution in [0.1, 0.15) is 5.56 Å². The van der Waals surface area contributed by atoms with Gasteiger partial charge in [-0.05, 0) is 23.3 Å². The molecular weight excluding hydrogens is 255 g/mol. The summed E-state index contributed by atoms with van der Waals surface area (Å²) >= 11 is 1.45.